The molecule has 3 rings (SSSR count). The van der Waals surface area contributed by atoms with Crippen LogP contribution in [0.4, 0.5) is 0 Å². The Balaban J connectivity index is 1.77. The Morgan fingerprint density at radius 3 is 2.77 bits per heavy atom. The van der Waals surface area contributed by atoms with Gasteiger partial charge in [-0.1, -0.05) is 18.2 Å². The highest BCUT2D eigenvalue weighted by Gasteiger charge is 2.12. The van der Waals surface area contributed by atoms with Crippen molar-refractivity contribution in [1.82, 2.24) is 19.9 Å². The molecule has 0 spiro atoms. The average molecular weight is 354 g/mol. The largest absolute Gasteiger partial charge is 0.496 e. The zero-order valence-electron chi connectivity index (χ0n) is 14.4. The molecule has 2 N–H and O–H groups in total. The molecule has 0 saturated carbocycles. The van der Waals surface area contributed by atoms with Gasteiger partial charge in [-0.25, -0.2) is 9.78 Å². The Hall–Kier alpha value is -3.42. The Morgan fingerprint density at radius 2 is 2.00 bits per heavy atom. The number of methoxy groups -OCH3 is 1. The zero-order valence-corrected chi connectivity index (χ0v) is 14.4. The molecule has 0 aliphatic heterocycles. The van der Waals surface area contributed by atoms with Crippen molar-refractivity contribution < 1.29 is 9.53 Å². The van der Waals surface area contributed by atoms with Crippen LogP contribution in [0, 0.1) is 0 Å². The predicted octanol–water partition coefficient (Wildman–Crippen LogP) is 0.603. The molecule has 1 amide bonds. The van der Waals surface area contributed by atoms with Crippen LogP contribution in [0.2, 0.25) is 0 Å². The molecule has 0 aliphatic carbocycles. The van der Waals surface area contributed by atoms with Crippen LogP contribution >= 0.6 is 0 Å². The van der Waals surface area contributed by atoms with Gasteiger partial charge in [0.1, 0.15) is 17.1 Å². The lowest BCUT2D eigenvalue weighted by Gasteiger charge is -2.09. The van der Waals surface area contributed by atoms with Crippen molar-refractivity contribution in [3.05, 3.63) is 68.5 Å². The Bertz CT molecular complexity index is 1080. The van der Waals surface area contributed by atoms with Crippen molar-refractivity contribution in [3.8, 4) is 5.75 Å². The quantitative estimate of drug-likeness (QED) is 0.698. The van der Waals surface area contributed by atoms with Crippen LogP contribution in [0.15, 0.2) is 46.0 Å². The highest BCUT2D eigenvalue weighted by molar-refractivity contribution is 5.94. The number of amides is 1. The van der Waals surface area contributed by atoms with Gasteiger partial charge in [0.15, 0.2) is 0 Å². The summed E-state index contributed by atoms with van der Waals surface area (Å²) in [6, 6.07) is 10.5. The van der Waals surface area contributed by atoms with Gasteiger partial charge in [0.2, 0.25) is 0 Å². The minimum atomic E-state index is -0.580. The number of ether oxygens (including phenoxy) is 1. The van der Waals surface area contributed by atoms with E-state index in [4.69, 9.17) is 4.74 Å². The number of nitrogens with one attached hydrogen (secondary N) is 2. The normalized spacial score (nSPS) is 10.7. The lowest BCUT2D eigenvalue weighted by Crippen LogP contribution is -2.30. The molecule has 1 aromatic carbocycles. The van der Waals surface area contributed by atoms with E-state index in [0.717, 1.165) is 11.3 Å². The maximum atomic E-state index is 12.3. The van der Waals surface area contributed by atoms with Gasteiger partial charge >= 0.3 is 5.69 Å². The van der Waals surface area contributed by atoms with E-state index in [0.29, 0.717) is 13.0 Å². The van der Waals surface area contributed by atoms with Gasteiger partial charge in [0, 0.05) is 13.6 Å². The monoisotopic (exact) mass is 354 g/mol. The molecule has 0 saturated heterocycles. The molecule has 8 nitrogen and oxygen atoms in total. The Morgan fingerprint density at radius 1 is 1.23 bits per heavy atom. The number of para-hydroxylation sites is 1. The number of H-pyrrole nitrogens is 1. The molecular weight excluding hydrogens is 336 g/mol. The van der Waals surface area contributed by atoms with Crippen LogP contribution in [-0.4, -0.2) is 34.1 Å². The van der Waals surface area contributed by atoms with Gasteiger partial charge < -0.3 is 10.1 Å². The van der Waals surface area contributed by atoms with Crippen molar-refractivity contribution in [2.75, 3.05) is 13.7 Å². The molecule has 8 heteroatoms. The van der Waals surface area contributed by atoms with Crippen LogP contribution in [0.1, 0.15) is 16.1 Å². The maximum absolute atomic E-state index is 12.3. The summed E-state index contributed by atoms with van der Waals surface area (Å²) in [7, 11) is 3.08. The molecule has 0 radical (unpaired) electrons. The van der Waals surface area contributed by atoms with Crippen molar-refractivity contribution in [2.24, 2.45) is 7.05 Å². The lowest BCUT2D eigenvalue weighted by molar-refractivity contribution is 0.0949. The minimum absolute atomic E-state index is 0.137. The van der Waals surface area contributed by atoms with Gasteiger partial charge in [0.05, 0.1) is 12.5 Å². The highest BCUT2D eigenvalue weighted by atomic mass is 16.5. The smallest absolute Gasteiger partial charge is 0.329 e. The van der Waals surface area contributed by atoms with Crippen molar-refractivity contribution in [1.29, 1.82) is 0 Å². The summed E-state index contributed by atoms with van der Waals surface area (Å²) in [5.41, 5.74) is 0.174. The van der Waals surface area contributed by atoms with E-state index < -0.39 is 11.2 Å². The number of rotatable bonds is 5. The summed E-state index contributed by atoms with van der Waals surface area (Å²) in [6.45, 7) is 0.396. The molecule has 0 unspecified atom stereocenters. The fourth-order valence-corrected chi connectivity index (χ4v) is 2.66. The lowest BCUT2D eigenvalue weighted by atomic mass is 10.1. The summed E-state index contributed by atoms with van der Waals surface area (Å²) in [6.07, 6.45) is 0.599. The van der Waals surface area contributed by atoms with Gasteiger partial charge in [-0.05, 0) is 30.2 Å². The number of aromatic amines is 1. The molecule has 3 aromatic rings. The summed E-state index contributed by atoms with van der Waals surface area (Å²) in [5, 5.41) is 3.03. The molecule has 2 heterocycles. The van der Waals surface area contributed by atoms with E-state index >= 15 is 0 Å². The fourth-order valence-electron chi connectivity index (χ4n) is 2.66. The molecule has 0 aliphatic rings. The van der Waals surface area contributed by atoms with E-state index in [1.54, 1.807) is 7.11 Å². The molecule has 0 bridgehead atoms. The van der Waals surface area contributed by atoms with Crippen LogP contribution in [0.5, 0.6) is 5.75 Å². The number of hydrogen-bond donors (Lipinski definition) is 2. The van der Waals surface area contributed by atoms with E-state index in [1.807, 2.05) is 24.3 Å². The van der Waals surface area contributed by atoms with Gasteiger partial charge in [-0.15, -0.1) is 0 Å². The van der Waals surface area contributed by atoms with E-state index in [2.05, 4.69) is 15.3 Å². The molecule has 26 heavy (non-hydrogen) atoms. The first kappa shape index (κ1) is 17.4. The second-order valence-electron chi connectivity index (χ2n) is 5.70. The van der Waals surface area contributed by atoms with E-state index in [1.165, 1.54) is 23.7 Å². The molecule has 134 valence electrons. The molecule has 2 aromatic heterocycles. The Kier molecular flexibility index (Phi) is 4.83. The second-order valence-corrected chi connectivity index (χ2v) is 5.70. The predicted molar refractivity (Wildman–Crippen MR) is 96.6 cm³/mol. The third kappa shape index (κ3) is 3.34. The number of aromatic nitrogens is 3. The number of nitrogens with zero attached hydrogens (tertiary/aromatic N) is 2. The number of benzene rings is 1. The summed E-state index contributed by atoms with van der Waals surface area (Å²) in [5.74, 6) is 0.384. The number of fused-ring (bicyclic) bond motifs is 1. The zero-order chi connectivity index (χ0) is 18.7. The fraction of sp³-hybridized carbons (Fsp3) is 0.222. The third-order valence-corrected chi connectivity index (χ3v) is 4.07. The van der Waals surface area contributed by atoms with Crippen molar-refractivity contribution >= 4 is 16.9 Å². The number of hydrogen-bond acceptors (Lipinski definition) is 5. The van der Waals surface area contributed by atoms with Gasteiger partial charge in [-0.3, -0.25) is 19.1 Å². The van der Waals surface area contributed by atoms with Crippen molar-refractivity contribution in [2.45, 2.75) is 6.42 Å². The minimum Gasteiger partial charge on any atom is -0.496 e. The Labute approximate surface area is 148 Å². The summed E-state index contributed by atoms with van der Waals surface area (Å²) < 4.78 is 6.48. The summed E-state index contributed by atoms with van der Waals surface area (Å²) in [4.78, 5) is 42.2. The standard InChI is InChI=1S/C18H18N4O4/c1-22-15-12(16(23)21-18(22)25)7-8-13(20-15)17(24)19-10-9-11-5-3-4-6-14(11)26-2/h3-8H,9-10H2,1-2H3,(H,19,24)(H,21,23,25). The topological polar surface area (TPSA) is 106 Å². The number of carbonyl (C=O) groups is 1. The van der Waals surface area contributed by atoms with Gasteiger partial charge in [0.25, 0.3) is 11.5 Å². The number of carbonyl (C=O) groups excluding carboxylic acids is 1. The van der Waals surface area contributed by atoms with Gasteiger partial charge in [-0.2, -0.15) is 0 Å². The maximum Gasteiger partial charge on any atom is 0.329 e. The molecule has 0 atom stereocenters. The van der Waals surface area contributed by atoms with Crippen LogP contribution in [-0.2, 0) is 13.5 Å². The van der Waals surface area contributed by atoms with Crippen LogP contribution in [0.25, 0.3) is 11.0 Å². The second kappa shape index (κ2) is 7.22. The van der Waals surface area contributed by atoms with Crippen molar-refractivity contribution in [3.63, 3.8) is 0 Å². The summed E-state index contributed by atoms with van der Waals surface area (Å²) >= 11 is 0. The van der Waals surface area contributed by atoms with Crippen LogP contribution < -0.4 is 21.3 Å². The number of aryl methyl sites for hydroxylation is 1. The molecule has 0 fully saturated rings. The van der Waals surface area contributed by atoms with E-state index in [-0.39, 0.29) is 22.6 Å². The first-order valence-corrected chi connectivity index (χ1v) is 8.01. The molecular formula is C18H18N4O4. The number of pyridine rings is 1. The SMILES string of the molecule is COc1ccccc1CCNC(=O)c1ccc2c(=O)[nH]c(=O)n(C)c2n1. The van der Waals surface area contributed by atoms with Crippen LogP contribution in [0.3, 0.4) is 0 Å². The third-order valence-electron chi connectivity index (χ3n) is 4.07. The average Bonchev–Trinajstić information content (AvgIpc) is 2.66. The van der Waals surface area contributed by atoms with E-state index in [9.17, 15) is 14.4 Å². The first-order chi connectivity index (χ1) is 12.5. The first-order valence-electron chi connectivity index (χ1n) is 8.01. The highest BCUT2D eigenvalue weighted by Crippen LogP contribution is 2.17.